The highest BCUT2D eigenvalue weighted by Crippen LogP contribution is 2.37. The average molecular weight is 265 g/mol. The number of fused-ring (bicyclic) bond motifs is 1. The van der Waals surface area contributed by atoms with Crippen molar-refractivity contribution in [2.75, 3.05) is 13.1 Å². The fourth-order valence-electron chi connectivity index (χ4n) is 4.03. The van der Waals surface area contributed by atoms with E-state index >= 15 is 0 Å². The van der Waals surface area contributed by atoms with Crippen molar-refractivity contribution in [1.82, 2.24) is 10.2 Å². The van der Waals surface area contributed by atoms with E-state index in [0.717, 1.165) is 19.0 Å². The van der Waals surface area contributed by atoms with Crippen LogP contribution in [0.1, 0.15) is 51.9 Å². The quantitative estimate of drug-likeness (QED) is 0.786. The van der Waals surface area contributed by atoms with Gasteiger partial charge in [0.05, 0.1) is 0 Å². The molecule has 0 radical (unpaired) electrons. The van der Waals surface area contributed by atoms with Crippen LogP contribution in [0.15, 0.2) is 0 Å². The summed E-state index contributed by atoms with van der Waals surface area (Å²) in [6.07, 6.45) is 9.08. The van der Waals surface area contributed by atoms with E-state index in [1.807, 2.05) is 6.92 Å². The minimum absolute atomic E-state index is 0.195. The number of likely N-dealkylation sites (tertiary alicyclic amines) is 1. The highest BCUT2D eigenvalue weighted by molar-refractivity contribution is 5.84. The van der Waals surface area contributed by atoms with Gasteiger partial charge in [-0.1, -0.05) is 6.42 Å². The van der Waals surface area contributed by atoms with Crippen molar-refractivity contribution in [2.24, 2.45) is 11.7 Å². The van der Waals surface area contributed by atoms with Crippen LogP contribution >= 0.6 is 0 Å². The monoisotopic (exact) mass is 265 g/mol. The first kappa shape index (κ1) is 13.4. The molecule has 0 aromatic heterocycles. The van der Waals surface area contributed by atoms with Gasteiger partial charge in [0.2, 0.25) is 5.91 Å². The highest BCUT2D eigenvalue weighted by atomic mass is 16.1. The first-order valence-electron chi connectivity index (χ1n) is 7.90. The molecule has 108 valence electrons. The molecular weight excluding hydrogens is 238 g/mol. The number of nitrogens with one attached hydrogen (secondary N) is 1. The molecule has 3 unspecified atom stereocenters. The normalized spacial score (nSPS) is 34.8. The Hall–Kier alpha value is -0.610. The maximum atomic E-state index is 11.9. The molecule has 1 aliphatic heterocycles. The standard InChI is InChI=1S/C15H27N3O/c1-15(14(16)19,17-12-7-8-12)10-18-9-3-5-11-4-2-6-13(11)18/h11-13,17H,2-10H2,1H3,(H2,16,19). The zero-order chi connectivity index (χ0) is 13.5. The fraction of sp³-hybridized carbons (Fsp3) is 0.933. The summed E-state index contributed by atoms with van der Waals surface area (Å²) in [6, 6.07) is 1.22. The summed E-state index contributed by atoms with van der Waals surface area (Å²) in [7, 11) is 0. The molecule has 0 aromatic rings. The lowest BCUT2D eigenvalue weighted by Gasteiger charge is -2.42. The second kappa shape index (κ2) is 5.06. The van der Waals surface area contributed by atoms with Gasteiger partial charge in [-0.05, 0) is 57.9 Å². The summed E-state index contributed by atoms with van der Waals surface area (Å²) in [5.74, 6) is 0.673. The number of nitrogens with two attached hydrogens (primary N) is 1. The third-order valence-corrected chi connectivity index (χ3v) is 5.27. The smallest absolute Gasteiger partial charge is 0.238 e. The highest BCUT2D eigenvalue weighted by Gasteiger charge is 2.42. The molecule has 4 heteroatoms. The summed E-state index contributed by atoms with van der Waals surface area (Å²) in [6.45, 7) is 3.92. The van der Waals surface area contributed by atoms with Gasteiger partial charge in [0.15, 0.2) is 0 Å². The predicted molar refractivity (Wildman–Crippen MR) is 75.7 cm³/mol. The molecule has 0 aromatic carbocycles. The Morgan fingerprint density at radius 2 is 2.00 bits per heavy atom. The van der Waals surface area contributed by atoms with Crippen LogP contribution < -0.4 is 11.1 Å². The predicted octanol–water partition coefficient (Wildman–Crippen LogP) is 1.25. The van der Waals surface area contributed by atoms with Crippen molar-refractivity contribution in [3.05, 3.63) is 0 Å². The molecule has 4 nitrogen and oxygen atoms in total. The number of hydrogen-bond donors (Lipinski definition) is 2. The molecule has 3 aliphatic rings. The van der Waals surface area contributed by atoms with Crippen molar-refractivity contribution < 1.29 is 4.79 Å². The van der Waals surface area contributed by atoms with E-state index < -0.39 is 5.54 Å². The Bertz CT molecular complexity index is 355. The number of rotatable bonds is 5. The van der Waals surface area contributed by atoms with Gasteiger partial charge in [0.1, 0.15) is 5.54 Å². The molecule has 3 atom stereocenters. The maximum Gasteiger partial charge on any atom is 0.238 e. The third kappa shape index (κ3) is 2.79. The molecule has 19 heavy (non-hydrogen) atoms. The number of carbonyl (C=O) groups is 1. The number of carbonyl (C=O) groups excluding carboxylic acids is 1. The van der Waals surface area contributed by atoms with Crippen molar-refractivity contribution in [2.45, 2.75) is 69.5 Å². The first-order valence-corrected chi connectivity index (χ1v) is 7.90. The van der Waals surface area contributed by atoms with Gasteiger partial charge in [-0.25, -0.2) is 0 Å². The van der Waals surface area contributed by atoms with Crippen molar-refractivity contribution >= 4 is 5.91 Å². The summed E-state index contributed by atoms with van der Waals surface area (Å²) < 4.78 is 0. The van der Waals surface area contributed by atoms with Crippen LogP contribution in [0.4, 0.5) is 0 Å². The van der Waals surface area contributed by atoms with Crippen LogP contribution in [-0.2, 0) is 4.79 Å². The van der Waals surface area contributed by atoms with Gasteiger partial charge >= 0.3 is 0 Å². The Labute approximate surface area is 116 Å². The number of nitrogens with zero attached hydrogens (tertiary/aromatic N) is 1. The molecule has 1 saturated heterocycles. The van der Waals surface area contributed by atoms with Gasteiger partial charge in [-0.2, -0.15) is 0 Å². The number of amides is 1. The molecule has 1 heterocycles. The fourth-order valence-corrected chi connectivity index (χ4v) is 4.03. The Morgan fingerprint density at radius 3 is 2.68 bits per heavy atom. The van der Waals surface area contributed by atoms with Crippen LogP contribution in [0.25, 0.3) is 0 Å². The van der Waals surface area contributed by atoms with Gasteiger partial charge in [0, 0.05) is 18.6 Å². The second-order valence-electron chi connectivity index (χ2n) is 6.99. The Balaban J connectivity index is 1.68. The Kier molecular flexibility index (Phi) is 3.56. The lowest BCUT2D eigenvalue weighted by atomic mass is 9.89. The van der Waals surface area contributed by atoms with E-state index in [-0.39, 0.29) is 5.91 Å². The topological polar surface area (TPSA) is 58.4 Å². The van der Waals surface area contributed by atoms with Crippen molar-refractivity contribution in [3.8, 4) is 0 Å². The van der Waals surface area contributed by atoms with Crippen LogP contribution in [0.2, 0.25) is 0 Å². The third-order valence-electron chi connectivity index (χ3n) is 5.27. The van der Waals surface area contributed by atoms with Gasteiger partial charge < -0.3 is 5.73 Å². The second-order valence-corrected chi connectivity index (χ2v) is 6.99. The average Bonchev–Trinajstić information content (AvgIpc) is 3.03. The molecule has 2 saturated carbocycles. The molecular formula is C15H27N3O. The van der Waals surface area contributed by atoms with Crippen molar-refractivity contribution in [3.63, 3.8) is 0 Å². The van der Waals surface area contributed by atoms with Crippen LogP contribution in [0, 0.1) is 5.92 Å². The van der Waals surface area contributed by atoms with E-state index in [1.54, 1.807) is 0 Å². The molecule has 1 amide bonds. The molecule has 2 aliphatic carbocycles. The number of hydrogen-bond acceptors (Lipinski definition) is 3. The summed E-state index contributed by atoms with van der Waals surface area (Å²) in [5.41, 5.74) is 5.12. The van der Waals surface area contributed by atoms with E-state index in [2.05, 4.69) is 10.2 Å². The summed E-state index contributed by atoms with van der Waals surface area (Å²) in [4.78, 5) is 14.4. The molecule has 3 N–H and O–H groups in total. The molecule has 0 spiro atoms. The number of piperidine rings is 1. The van der Waals surface area contributed by atoms with Crippen LogP contribution in [-0.4, -0.2) is 41.5 Å². The summed E-state index contributed by atoms with van der Waals surface area (Å²) >= 11 is 0. The van der Waals surface area contributed by atoms with Crippen molar-refractivity contribution in [1.29, 1.82) is 0 Å². The maximum absolute atomic E-state index is 11.9. The molecule has 3 fully saturated rings. The molecule has 3 rings (SSSR count). The minimum atomic E-state index is -0.550. The first-order chi connectivity index (χ1) is 9.08. The van der Waals surface area contributed by atoms with Gasteiger partial charge in [-0.3, -0.25) is 15.0 Å². The lowest BCUT2D eigenvalue weighted by Crippen LogP contribution is -2.62. The Morgan fingerprint density at radius 1 is 1.26 bits per heavy atom. The van der Waals surface area contributed by atoms with Gasteiger partial charge in [0.25, 0.3) is 0 Å². The van der Waals surface area contributed by atoms with E-state index in [1.165, 1.54) is 44.9 Å². The zero-order valence-corrected chi connectivity index (χ0v) is 12.0. The SMILES string of the molecule is CC(CN1CCCC2CCCC21)(NC1CC1)C(N)=O. The largest absolute Gasteiger partial charge is 0.368 e. The van der Waals surface area contributed by atoms with E-state index in [9.17, 15) is 4.79 Å². The van der Waals surface area contributed by atoms with Crippen LogP contribution in [0.5, 0.6) is 0 Å². The summed E-state index contributed by atoms with van der Waals surface area (Å²) in [5, 5.41) is 3.48. The van der Waals surface area contributed by atoms with E-state index in [4.69, 9.17) is 5.73 Å². The minimum Gasteiger partial charge on any atom is -0.368 e. The van der Waals surface area contributed by atoms with Gasteiger partial charge in [-0.15, -0.1) is 0 Å². The number of primary amides is 1. The van der Waals surface area contributed by atoms with Crippen LogP contribution in [0.3, 0.4) is 0 Å². The van der Waals surface area contributed by atoms with E-state index in [0.29, 0.717) is 12.1 Å². The lowest BCUT2D eigenvalue weighted by molar-refractivity contribution is -0.125. The zero-order valence-electron chi connectivity index (χ0n) is 12.0. The molecule has 0 bridgehead atoms.